The molecule has 0 aliphatic heterocycles. The molecule has 2 rings (SSSR count). The molecule has 0 fully saturated rings. The topological polar surface area (TPSA) is 44.4 Å². The third kappa shape index (κ3) is 4.27. The summed E-state index contributed by atoms with van der Waals surface area (Å²) in [4.78, 5) is 13.9. The maximum Gasteiger partial charge on any atom is 0.319 e. The zero-order valence-electron chi connectivity index (χ0n) is 12.0. The summed E-state index contributed by atoms with van der Waals surface area (Å²) < 4.78 is 13.5. The number of thiophene rings is 1. The Hall–Kier alpha value is -1.92. The van der Waals surface area contributed by atoms with Crippen LogP contribution < -0.4 is 10.6 Å². The third-order valence-electron chi connectivity index (χ3n) is 3.13. The minimum Gasteiger partial charge on any atom is -0.336 e. The fourth-order valence-corrected chi connectivity index (χ4v) is 2.69. The van der Waals surface area contributed by atoms with Gasteiger partial charge in [0.1, 0.15) is 5.82 Å². The van der Waals surface area contributed by atoms with E-state index in [4.69, 9.17) is 0 Å². The third-order valence-corrected chi connectivity index (χ3v) is 3.83. The van der Waals surface area contributed by atoms with E-state index < -0.39 is 11.8 Å². The molecule has 0 saturated heterocycles. The Morgan fingerprint density at radius 1 is 1.33 bits per heavy atom. The molecule has 2 N–H and O–H groups in total. The maximum absolute atomic E-state index is 13.5. The Balaban J connectivity index is 1.92. The first-order chi connectivity index (χ1) is 10.1. The van der Waals surface area contributed by atoms with E-state index in [1.165, 1.54) is 12.1 Å². The molecule has 4 nitrogen and oxygen atoms in total. The quantitative estimate of drug-likeness (QED) is 0.890. The molecule has 0 spiro atoms. The summed E-state index contributed by atoms with van der Waals surface area (Å²) in [5.41, 5.74) is 1.32. The van der Waals surface area contributed by atoms with E-state index in [2.05, 4.69) is 16.0 Å². The number of hydrogen-bond donors (Lipinski definition) is 2. The number of amides is 2. The van der Waals surface area contributed by atoms with Gasteiger partial charge in [-0.15, -0.1) is 0 Å². The van der Waals surface area contributed by atoms with Crippen molar-refractivity contribution in [3.8, 4) is 0 Å². The summed E-state index contributed by atoms with van der Waals surface area (Å²) in [6.07, 6.45) is 0. The second-order valence-corrected chi connectivity index (χ2v) is 5.63. The molecule has 21 heavy (non-hydrogen) atoms. The van der Waals surface area contributed by atoms with Gasteiger partial charge in [0.2, 0.25) is 0 Å². The number of benzene rings is 1. The highest BCUT2D eigenvalue weighted by atomic mass is 32.1. The van der Waals surface area contributed by atoms with Crippen molar-refractivity contribution in [3.63, 3.8) is 0 Å². The average molecular weight is 307 g/mol. The zero-order chi connectivity index (χ0) is 15.2. The lowest BCUT2D eigenvalue weighted by Gasteiger charge is -2.24. The highest BCUT2D eigenvalue weighted by Crippen LogP contribution is 2.20. The smallest absolute Gasteiger partial charge is 0.319 e. The zero-order valence-corrected chi connectivity index (χ0v) is 12.8. The van der Waals surface area contributed by atoms with Crippen LogP contribution in [-0.2, 0) is 0 Å². The van der Waals surface area contributed by atoms with Crippen LogP contribution >= 0.6 is 11.3 Å². The monoisotopic (exact) mass is 307 g/mol. The summed E-state index contributed by atoms with van der Waals surface area (Å²) in [7, 11) is 3.91. The van der Waals surface area contributed by atoms with Crippen LogP contribution in [0.5, 0.6) is 0 Å². The van der Waals surface area contributed by atoms with Gasteiger partial charge in [0.05, 0.1) is 11.7 Å². The number of carbonyl (C=O) groups is 1. The van der Waals surface area contributed by atoms with Crippen molar-refractivity contribution < 1.29 is 9.18 Å². The molecule has 0 saturated carbocycles. The van der Waals surface area contributed by atoms with Gasteiger partial charge < -0.3 is 15.5 Å². The molecule has 6 heteroatoms. The summed E-state index contributed by atoms with van der Waals surface area (Å²) in [6, 6.07) is 7.79. The molecule has 1 heterocycles. The first-order valence-electron chi connectivity index (χ1n) is 6.56. The molecule has 0 aliphatic carbocycles. The summed E-state index contributed by atoms with van der Waals surface area (Å²) >= 11 is 1.62. The predicted molar refractivity (Wildman–Crippen MR) is 84.2 cm³/mol. The number of para-hydroxylation sites is 1. The number of likely N-dealkylation sites (N-methyl/N-ethyl adjacent to an activating group) is 1. The van der Waals surface area contributed by atoms with Gasteiger partial charge in [-0.1, -0.05) is 12.1 Å². The minimum absolute atomic E-state index is 0.0858. The number of halogens is 1. The van der Waals surface area contributed by atoms with E-state index in [9.17, 15) is 9.18 Å². The molecule has 2 amide bonds. The minimum atomic E-state index is -0.449. The average Bonchev–Trinajstić information content (AvgIpc) is 2.95. The molecule has 0 radical (unpaired) electrons. The van der Waals surface area contributed by atoms with Gasteiger partial charge in [-0.05, 0) is 48.6 Å². The van der Waals surface area contributed by atoms with Crippen molar-refractivity contribution in [1.82, 2.24) is 10.2 Å². The Bertz CT molecular complexity index is 586. The largest absolute Gasteiger partial charge is 0.336 e. The standard InChI is InChI=1S/C15H18FN3OS/c1-19(2)14(11-7-8-21-10-11)9-17-15(20)18-13-6-4-3-5-12(13)16/h3-8,10,14H,9H2,1-2H3,(H2,17,18,20). The molecule has 0 bridgehead atoms. The number of rotatable bonds is 5. The molecular weight excluding hydrogens is 289 g/mol. The fourth-order valence-electron chi connectivity index (χ4n) is 1.98. The maximum atomic E-state index is 13.5. The first kappa shape index (κ1) is 15.5. The highest BCUT2D eigenvalue weighted by molar-refractivity contribution is 7.07. The van der Waals surface area contributed by atoms with E-state index >= 15 is 0 Å². The van der Waals surface area contributed by atoms with Crippen molar-refractivity contribution in [2.45, 2.75) is 6.04 Å². The summed E-state index contributed by atoms with van der Waals surface area (Å²) in [5.74, 6) is -0.449. The normalized spacial score (nSPS) is 12.2. The van der Waals surface area contributed by atoms with Crippen molar-refractivity contribution >= 4 is 23.1 Å². The van der Waals surface area contributed by atoms with Crippen LogP contribution in [0.3, 0.4) is 0 Å². The van der Waals surface area contributed by atoms with Crippen LogP contribution in [0.1, 0.15) is 11.6 Å². The van der Waals surface area contributed by atoms with Crippen LogP contribution in [0.15, 0.2) is 41.1 Å². The van der Waals surface area contributed by atoms with E-state index in [-0.39, 0.29) is 11.7 Å². The Labute approximate surface area is 127 Å². The Morgan fingerprint density at radius 3 is 2.71 bits per heavy atom. The molecule has 1 aromatic heterocycles. The van der Waals surface area contributed by atoms with Gasteiger partial charge in [-0.2, -0.15) is 11.3 Å². The predicted octanol–water partition coefficient (Wildman–Crippen LogP) is 3.31. The highest BCUT2D eigenvalue weighted by Gasteiger charge is 2.16. The molecule has 0 aliphatic rings. The lowest BCUT2D eigenvalue weighted by Crippen LogP contribution is -2.36. The van der Waals surface area contributed by atoms with Crippen LogP contribution in [0.2, 0.25) is 0 Å². The number of urea groups is 1. The number of nitrogens with zero attached hydrogens (tertiary/aromatic N) is 1. The number of hydrogen-bond acceptors (Lipinski definition) is 3. The van der Waals surface area contributed by atoms with Gasteiger partial charge in [0.25, 0.3) is 0 Å². The van der Waals surface area contributed by atoms with Gasteiger partial charge in [-0.3, -0.25) is 0 Å². The Morgan fingerprint density at radius 2 is 2.10 bits per heavy atom. The first-order valence-corrected chi connectivity index (χ1v) is 7.50. The van der Waals surface area contributed by atoms with E-state index in [0.717, 1.165) is 5.56 Å². The second-order valence-electron chi connectivity index (χ2n) is 4.85. The molecule has 112 valence electrons. The van der Waals surface area contributed by atoms with Crippen molar-refractivity contribution in [2.24, 2.45) is 0 Å². The molecule has 1 unspecified atom stereocenters. The lowest BCUT2D eigenvalue weighted by atomic mass is 10.1. The van der Waals surface area contributed by atoms with Gasteiger partial charge in [-0.25, -0.2) is 9.18 Å². The van der Waals surface area contributed by atoms with Gasteiger partial charge in [0, 0.05) is 6.54 Å². The molecule has 1 aromatic carbocycles. The lowest BCUT2D eigenvalue weighted by molar-refractivity contribution is 0.243. The van der Waals surface area contributed by atoms with Crippen LogP contribution in [0.4, 0.5) is 14.9 Å². The number of nitrogens with one attached hydrogen (secondary N) is 2. The second kappa shape index (κ2) is 7.19. The van der Waals surface area contributed by atoms with Crippen LogP contribution in [0.25, 0.3) is 0 Å². The van der Waals surface area contributed by atoms with Crippen LogP contribution in [0, 0.1) is 5.82 Å². The number of carbonyl (C=O) groups excluding carboxylic acids is 1. The molecular formula is C15H18FN3OS. The molecule has 2 aromatic rings. The van der Waals surface area contributed by atoms with Crippen molar-refractivity contribution in [3.05, 3.63) is 52.5 Å². The van der Waals surface area contributed by atoms with E-state index in [1.54, 1.807) is 23.5 Å². The van der Waals surface area contributed by atoms with Crippen molar-refractivity contribution in [2.75, 3.05) is 26.0 Å². The SMILES string of the molecule is CN(C)C(CNC(=O)Nc1ccccc1F)c1ccsc1. The fraction of sp³-hybridized carbons (Fsp3) is 0.267. The van der Waals surface area contributed by atoms with Crippen LogP contribution in [-0.4, -0.2) is 31.6 Å². The van der Waals surface area contributed by atoms with E-state index in [0.29, 0.717) is 6.54 Å². The van der Waals surface area contributed by atoms with Gasteiger partial charge >= 0.3 is 6.03 Å². The summed E-state index contributed by atoms with van der Waals surface area (Å²) in [6.45, 7) is 0.448. The van der Waals surface area contributed by atoms with E-state index in [1.807, 2.05) is 30.4 Å². The molecule has 1 atom stereocenters. The Kier molecular flexibility index (Phi) is 5.30. The number of anilines is 1. The van der Waals surface area contributed by atoms with Crippen molar-refractivity contribution in [1.29, 1.82) is 0 Å². The van der Waals surface area contributed by atoms with Gasteiger partial charge in [0.15, 0.2) is 0 Å². The summed E-state index contributed by atoms with van der Waals surface area (Å²) in [5, 5.41) is 9.35.